The lowest BCUT2D eigenvalue weighted by Crippen LogP contribution is -2.64. The number of alkyl carbamates (subject to hydrolysis) is 1. The molecule has 8 rings (SSSR count). The number of anilines is 1. The highest BCUT2D eigenvalue weighted by atomic mass is 19.1. The molecule has 418 valence electrons. The number of rotatable bonds is 17. The standard InChI is InChI=1S/C54H56FN5O19/c1-9-16-72-17-15-41(65)59(7)22-40(64)56-36-18-29(11-14-39(36)78-51-48(77-28(6)63)46(76-27(5)62)45(75-26(4)61)47(79-51)50(67)71-8)23-74-53(69)58-35-13-12-30-25(3)34(55)20-37-42(30)43(35)31-21-60-38(44(31)57-37)19-33-32(49(60)66)24-73-52(68)54(33,70)10-2/h1,11,14,18-20,35,45-48,51,70H,10,12-13,15-17,21-24H2,2-8H3,(H,56,64)(H,58,69)/t35-,45-,46?,47?,48?,51-,54-/m0/s1. The Hall–Kier alpha value is -8.47. The number of methoxy groups -OCH3 is 1. The minimum absolute atomic E-state index is 0.0154. The lowest BCUT2D eigenvalue weighted by molar-refractivity contribution is -0.282. The highest BCUT2D eigenvalue weighted by Crippen LogP contribution is 2.46. The average Bonchev–Trinajstić information content (AvgIpc) is 4.02. The van der Waals surface area contributed by atoms with Gasteiger partial charge in [0.05, 0.1) is 67.4 Å². The first-order valence-electron chi connectivity index (χ1n) is 24.9. The number of carbonyl (C=O) groups is 8. The molecule has 3 aliphatic heterocycles. The van der Waals surface area contributed by atoms with E-state index in [0.717, 1.165) is 32.8 Å². The van der Waals surface area contributed by atoms with Crippen LogP contribution in [0.3, 0.4) is 0 Å². The quantitative estimate of drug-likeness (QED) is 0.0522. The van der Waals surface area contributed by atoms with Crippen molar-refractivity contribution in [1.82, 2.24) is 19.8 Å². The van der Waals surface area contributed by atoms with Crippen LogP contribution < -0.4 is 20.9 Å². The van der Waals surface area contributed by atoms with Crippen molar-refractivity contribution in [2.75, 3.05) is 39.2 Å². The number of nitrogens with zero attached hydrogens (tertiary/aromatic N) is 3. The minimum atomic E-state index is -2.10. The number of amides is 3. The molecule has 4 aliphatic rings. The Morgan fingerprint density at radius 1 is 0.987 bits per heavy atom. The van der Waals surface area contributed by atoms with Gasteiger partial charge in [0.1, 0.15) is 31.4 Å². The van der Waals surface area contributed by atoms with Crippen LogP contribution in [0, 0.1) is 25.1 Å². The van der Waals surface area contributed by atoms with E-state index < -0.39 is 115 Å². The van der Waals surface area contributed by atoms with Crippen LogP contribution in [0.4, 0.5) is 14.9 Å². The zero-order valence-corrected chi connectivity index (χ0v) is 44.0. The number of aromatic nitrogens is 2. The van der Waals surface area contributed by atoms with Crippen LogP contribution in [-0.2, 0) is 103 Å². The maximum atomic E-state index is 15.6. The largest absolute Gasteiger partial charge is 0.467 e. The fourth-order valence-corrected chi connectivity index (χ4v) is 10.2. The van der Waals surface area contributed by atoms with Crippen molar-refractivity contribution in [1.29, 1.82) is 0 Å². The number of benzene rings is 2. The molecule has 2 aromatic heterocycles. The summed E-state index contributed by atoms with van der Waals surface area (Å²) in [5.41, 5.74) is 0.680. The van der Waals surface area contributed by atoms with Crippen molar-refractivity contribution >= 4 is 64.3 Å². The molecule has 3 unspecified atom stereocenters. The van der Waals surface area contributed by atoms with Crippen molar-refractivity contribution < 1.29 is 90.5 Å². The number of fused-ring (bicyclic) bond motifs is 5. The molecule has 1 saturated heterocycles. The van der Waals surface area contributed by atoms with Crippen LogP contribution in [0.1, 0.15) is 91.9 Å². The third-order valence-electron chi connectivity index (χ3n) is 13.9. The minimum Gasteiger partial charge on any atom is -0.467 e. The van der Waals surface area contributed by atoms with Crippen molar-refractivity contribution in [3.63, 3.8) is 0 Å². The zero-order valence-electron chi connectivity index (χ0n) is 44.0. The number of hydrogen-bond acceptors (Lipinski definition) is 20. The van der Waals surface area contributed by atoms with Crippen molar-refractivity contribution in [2.24, 2.45) is 0 Å². The van der Waals surface area contributed by atoms with Gasteiger partial charge in [0.25, 0.3) is 5.56 Å². The van der Waals surface area contributed by atoms with Gasteiger partial charge in [-0.1, -0.05) is 18.9 Å². The van der Waals surface area contributed by atoms with E-state index in [9.17, 15) is 48.3 Å². The molecule has 2 aromatic carbocycles. The summed E-state index contributed by atoms with van der Waals surface area (Å²) in [6.07, 6.45) is -4.16. The number of ether oxygens (including phenoxy) is 9. The van der Waals surface area contributed by atoms with Crippen LogP contribution in [0.2, 0.25) is 0 Å². The lowest BCUT2D eigenvalue weighted by Gasteiger charge is -2.43. The number of terminal acetylenes is 1. The fraction of sp³-hybridized carbons (Fsp3) is 0.444. The summed E-state index contributed by atoms with van der Waals surface area (Å²) >= 11 is 0. The van der Waals surface area contributed by atoms with Gasteiger partial charge in [-0.25, -0.2) is 23.8 Å². The van der Waals surface area contributed by atoms with Gasteiger partial charge in [0.2, 0.25) is 24.2 Å². The van der Waals surface area contributed by atoms with Gasteiger partial charge >= 0.3 is 35.9 Å². The second kappa shape index (κ2) is 23.2. The van der Waals surface area contributed by atoms with Gasteiger partial charge in [-0.05, 0) is 66.6 Å². The summed E-state index contributed by atoms with van der Waals surface area (Å²) < 4.78 is 66.6. The van der Waals surface area contributed by atoms with E-state index in [1.165, 1.54) is 41.9 Å². The SMILES string of the molecule is C#CCOCCC(=O)N(C)CC(=O)Nc1cc(COC(=O)N[C@H]2CCc3c(C)c(F)cc4nc5c(c2c34)Cn2c-5cc3c(c2=O)COC(=O)[C@]3(O)CC)ccc1O[C@H]1OC(C(=O)OC)[C@@H](OC(C)=O)C(OC(C)=O)C1OC(C)=O. The van der Waals surface area contributed by atoms with Crippen molar-refractivity contribution in [3.8, 4) is 29.5 Å². The Balaban J connectivity index is 1.10. The Labute approximate surface area is 450 Å². The molecule has 0 saturated carbocycles. The smallest absolute Gasteiger partial charge is 0.407 e. The Kier molecular flexibility index (Phi) is 16.7. The number of aryl methyl sites for hydroxylation is 1. The van der Waals surface area contributed by atoms with E-state index in [-0.39, 0.29) is 85.0 Å². The lowest BCUT2D eigenvalue weighted by atomic mass is 9.81. The highest BCUT2D eigenvalue weighted by molar-refractivity contribution is 5.96. The third kappa shape index (κ3) is 11.4. The number of halogens is 1. The predicted molar refractivity (Wildman–Crippen MR) is 269 cm³/mol. The first-order valence-corrected chi connectivity index (χ1v) is 24.9. The van der Waals surface area contributed by atoms with E-state index in [2.05, 4.69) is 16.6 Å². The number of carbonyl (C=O) groups excluding carboxylic acids is 8. The molecule has 24 nitrogen and oxygen atoms in total. The van der Waals surface area contributed by atoms with Gasteiger partial charge in [0.15, 0.2) is 23.9 Å². The van der Waals surface area contributed by atoms with Crippen LogP contribution in [0.15, 0.2) is 35.1 Å². The topological polar surface area (TPSA) is 302 Å². The molecule has 1 fully saturated rings. The normalized spacial score (nSPS) is 21.4. The fourth-order valence-electron chi connectivity index (χ4n) is 10.2. The van der Waals surface area contributed by atoms with Gasteiger partial charge in [0, 0.05) is 50.4 Å². The second-order valence-corrected chi connectivity index (χ2v) is 19.0. The van der Waals surface area contributed by atoms with Crippen LogP contribution in [0.5, 0.6) is 5.75 Å². The molecular weight excluding hydrogens is 1040 g/mol. The van der Waals surface area contributed by atoms with Gasteiger partial charge < -0.3 is 67.8 Å². The average molecular weight is 1100 g/mol. The molecule has 4 aromatic rings. The number of cyclic esters (lactones) is 1. The maximum Gasteiger partial charge on any atom is 0.407 e. The van der Waals surface area contributed by atoms with E-state index in [1.54, 1.807) is 13.8 Å². The number of pyridine rings is 2. The van der Waals surface area contributed by atoms with Gasteiger partial charge in [-0.2, -0.15) is 0 Å². The molecule has 79 heavy (non-hydrogen) atoms. The molecule has 3 N–H and O–H groups in total. The molecule has 0 bridgehead atoms. The van der Waals surface area contributed by atoms with Gasteiger partial charge in [-0.15, -0.1) is 6.42 Å². The zero-order chi connectivity index (χ0) is 57.2. The summed E-state index contributed by atoms with van der Waals surface area (Å²) in [6.45, 7) is 4.90. The number of likely N-dealkylation sites (N-methyl/N-ethyl adjacent to an activating group) is 1. The van der Waals surface area contributed by atoms with Crippen LogP contribution >= 0.6 is 0 Å². The Bertz CT molecular complexity index is 3300. The molecule has 0 radical (unpaired) electrons. The number of aliphatic hydroxyl groups is 1. The van der Waals surface area contributed by atoms with Gasteiger partial charge in [-0.3, -0.25) is 28.8 Å². The van der Waals surface area contributed by atoms with Crippen molar-refractivity contribution in [2.45, 2.75) is 122 Å². The van der Waals surface area contributed by atoms with Crippen LogP contribution in [0.25, 0.3) is 22.3 Å². The third-order valence-corrected chi connectivity index (χ3v) is 13.9. The van der Waals surface area contributed by atoms with Crippen LogP contribution in [-0.4, -0.2) is 132 Å². The summed E-state index contributed by atoms with van der Waals surface area (Å²) in [5.74, 6) is -4.49. The molecule has 25 heteroatoms. The molecule has 3 amide bonds. The monoisotopic (exact) mass is 1100 g/mol. The van der Waals surface area contributed by atoms with E-state index >= 15 is 4.39 Å². The maximum absolute atomic E-state index is 15.6. The molecule has 0 spiro atoms. The first kappa shape index (κ1) is 56.7. The van der Waals surface area contributed by atoms with E-state index in [0.29, 0.717) is 39.8 Å². The number of hydrogen-bond donors (Lipinski definition) is 3. The Morgan fingerprint density at radius 2 is 1.70 bits per heavy atom. The van der Waals surface area contributed by atoms with E-state index in [4.69, 9.17) is 54.0 Å². The summed E-state index contributed by atoms with van der Waals surface area (Å²) in [5, 5.41) is 17.6. The molecule has 7 atom stereocenters. The summed E-state index contributed by atoms with van der Waals surface area (Å²) in [4.78, 5) is 124. The number of esters is 5. The van der Waals surface area contributed by atoms with Crippen molar-refractivity contribution in [3.05, 3.63) is 85.4 Å². The summed E-state index contributed by atoms with van der Waals surface area (Å²) in [6, 6.07) is 6.12. The molecular formula is C54H56FN5O19. The molecule has 5 heterocycles. The van der Waals surface area contributed by atoms with E-state index in [1.807, 2.05) is 0 Å². The highest BCUT2D eigenvalue weighted by Gasteiger charge is 2.56. The summed E-state index contributed by atoms with van der Waals surface area (Å²) in [7, 11) is 2.38. The predicted octanol–water partition coefficient (Wildman–Crippen LogP) is 2.95. The molecule has 1 aliphatic carbocycles. The second-order valence-electron chi connectivity index (χ2n) is 19.0. The Morgan fingerprint density at radius 3 is 2.38 bits per heavy atom. The number of nitrogens with one attached hydrogen (secondary N) is 2. The first-order chi connectivity index (χ1) is 37.6.